The van der Waals surface area contributed by atoms with E-state index in [-0.39, 0.29) is 6.04 Å². The lowest BCUT2D eigenvalue weighted by Crippen LogP contribution is -2.63. The van der Waals surface area contributed by atoms with Gasteiger partial charge in [0, 0.05) is 17.3 Å². The molecule has 0 aromatic heterocycles. The Morgan fingerprint density at radius 1 is 1.20 bits per heavy atom. The molecule has 3 rings (SSSR count). The van der Waals surface area contributed by atoms with Gasteiger partial charge in [-0.3, -0.25) is 9.69 Å². The van der Waals surface area contributed by atoms with E-state index in [1.807, 2.05) is 13.8 Å². The maximum absolute atomic E-state index is 13.0. The van der Waals surface area contributed by atoms with Gasteiger partial charge in [0.1, 0.15) is 0 Å². The number of carbonyl (C=O) groups is 2. The molecule has 2 atom stereocenters. The molecule has 2 aromatic carbocycles. The maximum atomic E-state index is 13.0. The molecule has 0 saturated carbocycles. The summed E-state index contributed by atoms with van der Waals surface area (Å²) in [4.78, 5) is 26.8. The van der Waals surface area contributed by atoms with Crippen LogP contribution in [0.1, 0.15) is 25.8 Å². The van der Waals surface area contributed by atoms with Gasteiger partial charge in [0.2, 0.25) is 0 Å². The summed E-state index contributed by atoms with van der Waals surface area (Å²) in [6, 6.07) is 14.7. The predicted molar refractivity (Wildman–Crippen MR) is 96.2 cm³/mol. The number of hydrogen-bond donors (Lipinski definition) is 3. The molecule has 6 heteroatoms. The molecule has 0 fully saturated rings. The third kappa shape index (κ3) is 2.85. The third-order valence-corrected chi connectivity index (χ3v) is 4.39. The van der Waals surface area contributed by atoms with E-state index in [0.717, 1.165) is 4.90 Å². The van der Waals surface area contributed by atoms with Crippen LogP contribution in [0.15, 0.2) is 54.6 Å². The van der Waals surface area contributed by atoms with E-state index < -0.39 is 17.7 Å². The molecule has 0 spiro atoms. The van der Waals surface area contributed by atoms with E-state index in [1.54, 1.807) is 54.6 Å². The van der Waals surface area contributed by atoms with Crippen molar-refractivity contribution in [1.82, 2.24) is 5.32 Å². The van der Waals surface area contributed by atoms with Crippen LogP contribution < -0.4 is 15.5 Å². The molecule has 0 radical (unpaired) electrons. The minimum Gasteiger partial charge on any atom is -0.359 e. The molecule has 1 heterocycles. The van der Waals surface area contributed by atoms with Gasteiger partial charge in [-0.15, -0.1) is 0 Å². The molecule has 2 aromatic rings. The number of para-hydroxylation sites is 2. The van der Waals surface area contributed by atoms with E-state index in [1.165, 1.54) is 0 Å². The molecule has 0 saturated heterocycles. The molecule has 0 bridgehead atoms. The Morgan fingerprint density at radius 3 is 2.52 bits per heavy atom. The lowest BCUT2D eigenvalue weighted by molar-refractivity contribution is -0.140. The summed E-state index contributed by atoms with van der Waals surface area (Å²) in [6.07, 6.45) is 0.709. The second kappa shape index (κ2) is 6.57. The normalized spacial score (nSPS) is 20.4. The molecule has 3 N–H and O–H groups in total. The van der Waals surface area contributed by atoms with Crippen molar-refractivity contribution in [2.45, 2.75) is 32.0 Å². The van der Waals surface area contributed by atoms with E-state index in [9.17, 15) is 14.7 Å². The summed E-state index contributed by atoms with van der Waals surface area (Å²) in [5, 5.41) is 17.0. The minimum absolute atomic E-state index is 0.133. The topological polar surface area (TPSA) is 81.7 Å². The SMILES string of the molecule is CC[C@H](C)NC(=O)[C@]1(O)c2ccccc2NC(=O)N1c1ccccc1. The molecular formula is C19H21N3O3. The number of rotatable bonds is 4. The molecule has 3 amide bonds. The summed E-state index contributed by atoms with van der Waals surface area (Å²) in [5.41, 5.74) is -0.957. The van der Waals surface area contributed by atoms with Crippen LogP contribution in [0.4, 0.5) is 16.2 Å². The Kier molecular flexibility index (Phi) is 4.46. The van der Waals surface area contributed by atoms with Crippen LogP contribution in [-0.4, -0.2) is 23.1 Å². The number of benzene rings is 2. The Hall–Kier alpha value is -2.86. The second-order valence-corrected chi connectivity index (χ2v) is 6.10. The van der Waals surface area contributed by atoms with Gasteiger partial charge in [0.15, 0.2) is 0 Å². The van der Waals surface area contributed by atoms with Gasteiger partial charge in [-0.2, -0.15) is 0 Å². The van der Waals surface area contributed by atoms with Gasteiger partial charge in [0.05, 0.1) is 5.69 Å². The zero-order chi connectivity index (χ0) is 18.0. The highest BCUT2D eigenvalue weighted by Gasteiger charge is 2.52. The van der Waals surface area contributed by atoms with Crippen molar-refractivity contribution in [1.29, 1.82) is 0 Å². The number of amides is 3. The zero-order valence-electron chi connectivity index (χ0n) is 14.2. The fourth-order valence-corrected chi connectivity index (χ4v) is 2.87. The monoisotopic (exact) mass is 339 g/mol. The Labute approximate surface area is 146 Å². The summed E-state index contributed by atoms with van der Waals surface area (Å²) in [5.74, 6) is -0.631. The largest absolute Gasteiger partial charge is 0.359 e. The second-order valence-electron chi connectivity index (χ2n) is 6.10. The van der Waals surface area contributed by atoms with Crippen molar-refractivity contribution in [2.24, 2.45) is 0 Å². The molecule has 1 aliphatic rings. The first-order valence-electron chi connectivity index (χ1n) is 8.27. The van der Waals surface area contributed by atoms with Gasteiger partial charge in [-0.25, -0.2) is 4.79 Å². The van der Waals surface area contributed by atoms with Gasteiger partial charge >= 0.3 is 6.03 Å². The number of nitrogens with one attached hydrogen (secondary N) is 2. The summed E-state index contributed by atoms with van der Waals surface area (Å²) >= 11 is 0. The van der Waals surface area contributed by atoms with Crippen LogP contribution in [0.2, 0.25) is 0 Å². The Bertz CT molecular complexity index is 794. The first-order chi connectivity index (χ1) is 12.0. The van der Waals surface area contributed by atoms with Crippen LogP contribution in [0.25, 0.3) is 0 Å². The lowest BCUT2D eigenvalue weighted by atomic mass is 9.94. The van der Waals surface area contributed by atoms with E-state index >= 15 is 0 Å². The van der Waals surface area contributed by atoms with Gasteiger partial charge in [0.25, 0.3) is 11.6 Å². The highest BCUT2D eigenvalue weighted by Crippen LogP contribution is 2.39. The smallest absolute Gasteiger partial charge is 0.329 e. The first-order valence-corrected chi connectivity index (χ1v) is 8.27. The van der Waals surface area contributed by atoms with Crippen LogP contribution in [0.3, 0.4) is 0 Å². The quantitative estimate of drug-likeness (QED) is 0.801. The summed E-state index contributed by atoms with van der Waals surface area (Å²) in [6.45, 7) is 3.79. The molecule has 1 aliphatic heterocycles. The maximum Gasteiger partial charge on any atom is 0.329 e. The van der Waals surface area contributed by atoms with Crippen molar-refractivity contribution < 1.29 is 14.7 Å². The average molecular weight is 339 g/mol. The fourth-order valence-electron chi connectivity index (χ4n) is 2.87. The number of urea groups is 1. The Balaban J connectivity index is 2.16. The van der Waals surface area contributed by atoms with Crippen molar-refractivity contribution in [3.8, 4) is 0 Å². The van der Waals surface area contributed by atoms with Gasteiger partial charge in [-0.1, -0.05) is 43.3 Å². The highest BCUT2D eigenvalue weighted by atomic mass is 16.3. The highest BCUT2D eigenvalue weighted by molar-refractivity contribution is 6.11. The fraction of sp³-hybridized carbons (Fsp3) is 0.263. The van der Waals surface area contributed by atoms with Crippen LogP contribution in [0, 0.1) is 0 Å². The van der Waals surface area contributed by atoms with Crippen LogP contribution in [0.5, 0.6) is 0 Å². The van der Waals surface area contributed by atoms with Crippen molar-refractivity contribution >= 4 is 23.3 Å². The number of carbonyl (C=O) groups excluding carboxylic acids is 2. The predicted octanol–water partition coefficient (Wildman–Crippen LogP) is 2.80. The first kappa shape index (κ1) is 17.0. The number of nitrogens with zero attached hydrogens (tertiary/aromatic N) is 1. The van der Waals surface area contributed by atoms with Crippen molar-refractivity contribution in [2.75, 3.05) is 10.2 Å². The summed E-state index contributed by atoms with van der Waals surface area (Å²) < 4.78 is 0. The Morgan fingerprint density at radius 2 is 1.84 bits per heavy atom. The molecule has 25 heavy (non-hydrogen) atoms. The minimum atomic E-state index is -2.14. The number of anilines is 2. The number of aliphatic hydroxyl groups is 1. The molecule has 6 nitrogen and oxygen atoms in total. The van der Waals surface area contributed by atoms with Gasteiger partial charge < -0.3 is 15.7 Å². The third-order valence-electron chi connectivity index (χ3n) is 4.39. The lowest BCUT2D eigenvalue weighted by Gasteiger charge is -2.43. The van der Waals surface area contributed by atoms with E-state index in [4.69, 9.17) is 0 Å². The zero-order valence-corrected chi connectivity index (χ0v) is 14.2. The molecule has 0 unspecified atom stereocenters. The van der Waals surface area contributed by atoms with Crippen molar-refractivity contribution in [3.63, 3.8) is 0 Å². The number of fused-ring (bicyclic) bond motifs is 1. The average Bonchev–Trinajstić information content (AvgIpc) is 2.62. The van der Waals surface area contributed by atoms with Crippen LogP contribution >= 0.6 is 0 Å². The molecule has 130 valence electrons. The van der Waals surface area contributed by atoms with Gasteiger partial charge in [-0.05, 0) is 31.5 Å². The van der Waals surface area contributed by atoms with E-state index in [2.05, 4.69) is 10.6 Å². The number of hydrogen-bond acceptors (Lipinski definition) is 3. The van der Waals surface area contributed by atoms with Crippen LogP contribution in [-0.2, 0) is 10.5 Å². The molecular weight excluding hydrogens is 318 g/mol. The van der Waals surface area contributed by atoms with E-state index in [0.29, 0.717) is 23.4 Å². The standard InChI is InChI=1S/C19H21N3O3/c1-3-13(2)20-17(23)19(25)15-11-7-8-12-16(15)21-18(24)22(19)14-9-5-4-6-10-14/h4-13,25H,3H2,1-2H3,(H,20,23)(H,21,24)/t13-,19+/m0/s1. The summed E-state index contributed by atoms with van der Waals surface area (Å²) in [7, 11) is 0. The molecule has 0 aliphatic carbocycles. The van der Waals surface area contributed by atoms with Crippen molar-refractivity contribution in [3.05, 3.63) is 60.2 Å².